The van der Waals surface area contributed by atoms with Crippen LogP contribution < -0.4 is 5.32 Å². The highest BCUT2D eigenvalue weighted by Crippen LogP contribution is 2.34. The van der Waals surface area contributed by atoms with Crippen LogP contribution in [0.3, 0.4) is 0 Å². The Bertz CT molecular complexity index is 453. The summed E-state index contributed by atoms with van der Waals surface area (Å²) in [5.74, 6) is 1.81. The topological polar surface area (TPSA) is 27.6 Å². The SMILES string of the molecule is CN1CCN=C1NCCC1CCc2ccccc21. The number of benzene rings is 1. The number of rotatable bonds is 3. The summed E-state index contributed by atoms with van der Waals surface area (Å²) in [6.45, 7) is 3.02. The van der Waals surface area contributed by atoms with Crippen LogP contribution in [0.2, 0.25) is 0 Å². The van der Waals surface area contributed by atoms with Crippen molar-refractivity contribution >= 4 is 5.96 Å². The van der Waals surface area contributed by atoms with E-state index in [4.69, 9.17) is 0 Å². The van der Waals surface area contributed by atoms with Gasteiger partial charge >= 0.3 is 0 Å². The van der Waals surface area contributed by atoms with Crippen molar-refractivity contribution < 1.29 is 0 Å². The highest BCUT2D eigenvalue weighted by Gasteiger charge is 2.21. The van der Waals surface area contributed by atoms with E-state index < -0.39 is 0 Å². The number of aliphatic imine (C=N–C) groups is 1. The molecule has 0 saturated heterocycles. The molecule has 0 spiro atoms. The summed E-state index contributed by atoms with van der Waals surface area (Å²) in [7, 11) is 2.10. The van der Waals surface area contributed by atoms with E-state index in [2.05, 4.69) is 46.5 Å². The quantitative estimate of drug-likeness (QED) is 0.879. The molecule has 1 aromatic rings. The Morgan fingerprint density at radius 1 is 1.39 bits per heavy atom. The lowest BCUT2D eigenvalue weighted by Gasteiger charge is -2.17. The number of hydrogen-bond donors (Lipinski definition) is 1. The van der Waals surface area contributed by atoms with Crippen molar-refractivity contribution in [3.05, 3.63) is 35.4 Å². The zero-order valence-corrected chi connectivity index (χ0v) is 11.0. The van der Waals surface area contributed by atoms with Gasteiger partial charge < -0.3 is 10.2 Å². The van der Waals surface area contributed by atoms with Crippen LogP contribution in [-0.2, 0) is 6.42 Å². The maximum atomic E-state index is 4.46. The monoisotopic (exact) mass is 243 g/mol. The molecule has 96 valence electrons. The second kappa shape index (κ2) is 5.01. The molecule has 0 radical (unpaired) electrons. The van der Waals surface area contributed by atoms with Gasteiger partial charge in [0.1, 0.15) is 0 Å². The highest BCUT2D eigenvalue weighted by atomic mass is 15.3. The standard InChI is InChI=1S/C15H21N3/c1-18-11-10-17-15(18)16-9-8-13-7-6-12-4-2-3-5-14(12)13/h2-5,13H,6-11H2,1H3,(H,16,17). The maximum absolute atomic E-state index is 4.46. The van der Waals surface area contributed by atoms with Crippen LogP contribution in [-0.4, -0.2) is 37.5 Å². The average Bonchev–Trinajstić information content (AvgIpc) is 2.97. The predicted molar refractivity (Wildman–Crippen MR) is 75.1 cm³/mol. The van der Waals surface area contributed by atoms with E-state index in [9.17, 15) is 0 Å². The molecular formula is C15H21N3. The van der Waals surface area contributed by atoms with Gasteiger partial charge in [-0.3, -0.25) is 4.99 Å². The van der Waals surface area contributed by atoms with Gasteiger partial charge in [-0.15, -0.1) is 0 Å². The van der Waals surface area contributed by atoms with Crippen LogP contribution in [0.25, 0.3) is 0 Å². The zero-order valence-electron chi connectivity index (χ0n) is 11.0. The molecular weight excluding hydrogens is 222 g/mol. The summed E-state index contributed by atoms with van der Waals surface area (Å²) < 4.78 is 0. The van der Waals surface area contributed by atoms with Crippen LogP contribution in [0.5, 0.6) is 0 Å². The van der Waals surface area contributed by atoms with Crippen molar-refractivity contribution in [3.8, 4) is 0 Å². The summed E-state index contributed by atoms with van der Waals surface area (Å²) in [6, 6.07) is 8.89. The van der Waals surface area contributed by atoms with Gasteiger partial charge in [-0.2, -0.15) is 0 Å². The first-order valence-corrected chi connectivity index (χ1v) is 6.92. The van der Waals surface area contributed by atoms with Crippen LogP contribution in [0.4, 0.5) is 0 Å². The number of fused-ring (bicyclic) bond motifs is 1. The lowest BCUT2D eigenvalue weighted by Crippen LogP contribution is -2.36. The maximum Gasteiger partial charge on any atom is 0.193 e. The smallest absolute Gasteiger partial charge is 0.193 e. The fraction of sp³-hybridized carbons (Fsp3) is 0.533. The fourth-order valence-corrected chi connectivity index (χ4v) is 3.03. The first-order chi connectivity index (χ1) is 8.84. The third-order valence-corrected chi connectivity index (χ3v) is 4.09. The number of hydrogen-bond acceptors (Lipinski definition) is 3. The number of nitrogens with zero attached hydrogens (tertiary/aromatic N) is 2. The number of likely N-dealkylation sites (N-methyl/N-ethyl adjacent to an activating group) is 1. The minimum absolute atomic E-state index is 0.737. The normalized spacial score (nSPS) is 21.9. The van der Waals surface area contributed by atoms with Gasteiger partial charge in [0.15, 0.2) is 5.96 Å². The molecule has 1 heterocycles. The number of guanidine groups is 1. The molecule has 3 nitrogen and oxygen atoms in total. The van der Waals surface area contributed by atoms with Gasteiger partial charge in [-0.1, -0.05) is 24.3 Å². The van der Waals surface area contributed by atoms with Crippen LogP contribution >= 0.6 is 0 Å². The molecule has 1 aliphatic carbocycles. The molecule has 0 amide bonds. The van der Waals surface area contributed by atoms with Gasteiger partial charge in [0.25, 0.3) is 0 Å². The van der Waals surface area contributed by atoms with Gasteiger partial charge in [-0.25, -0.2) is 0 Å². The minimum atomic E-state index is 0.737. The lowest BCUT2D eigenvalue weighted by molar-refractivity contribution is 0.524. The molecule has 1 atom stereocenters. The van der Waals surface area contributed by atoms with Crippen LogP contribution in [0.1, 0.15) is 29.9 Å². The minimum Gasteiger partial charge on any atom is -0.356 e. The van der Waals surface area contributed by atoms with Gasteiger partial charge in [0.05, 0.1) is 6.54 Å². The Balaban J connectivity index is 1.53. The summed E-state index contributed by atoms with van der Waals surface area (Å²) in [5, 5.41) is 3.46. The molecule has 0 aromatic heterocycles. The fourth-order valence-electron chi connectivity index (χ4n) is 3.03. The van der Waals surface area contributed by atoms with Crippen molar-refractivity contribution in [2.45, 2.75) is 25.2 Å². The van der Waals surface area contributed by atoms with E-state index in [0.29, 0.717) is 0 Å². The summed E-state index contributed by atoms with van der Waals surface area (Å²) in [6.07, 6.45) is 3.77. The third-order valence-electron chi connectivity index (χ3n) is 4.09. The van der Waals surface area contributed by atoms with E-state index >= 15 is 0 Å². The number of aryl methyl sites for hydroxylation is 1. The zero-order chi connectivity index (χ0) is 12.4. The first-order valence-electron chi connectivity index (χ1n) is 6.92. The Morgan fingerprint density at radius 3 is 3.11 bits per heavy atom. The van der Waals surface area contributed by atoms with Gasteiger partial charge in [0.2, 0.25) is 0 Å². The highest BCUT2D eigenvalue weighted by molar-refractivity contribution is 5.81. The van der Waals surface area contributed by atoms with Gasteiger partial charge in [-0.05, 0) is 36.3 Å². The van der Waals surface area contributed by atoms with E-state index in [-0.39, 0.29) is 0 Å². The molecule has 3 rings (SSSR count). The Hall–Kier alpha value is -1.51. The van der Waals surface area contributed by atoms with Crippen LogP contribution in [0, 0.1) is 0 Å². The van der Waals surface area contributed by atoms with E-state index in [1.807, 2.05) is 0 Å². The van der Waals surface area contributed by atoms with Gasteiger partial charge in [0, 0.05) is 20.1 Å². The molecule has 0 saturated carbocycles. The molecule has 2 aliphatic rings. The molecule has 1 aliphatic heterocycles. The Kier molecular flexibility index (Phi) is 3.22. The summed E-state index contributed by atoms with van der Waals surface area (Å²) >= 11 is 0. The second-order valence-electron chi connectivity index (χ2n) is 5.28. The Labute approximate surface area is 109 Å². The molecule has 1 aromatic carbocycles. The Morgan fingerprint density at radius 2 is 2.28 bits per heavy atom. The molecule has 3 heteroatoms. The van der Waals surface area contributed by atoms with Crippen molar-refractivity contribution in [2.75, 3.05) is 26.7 Å². The van der Waals surface area contributed by atoms with E-state index in [0.717, 1.165) is 31.5 Å². The molecule has 18 heavy (non-hydrogen) atoms. The van der Waals surface area contributed by atoms with Crippen molar-refractivity contribution in [1.29, 1.82) is 0 Å². The predicted octanol–water partition coefficient (Wildman–Crippen LogP) is 2.00. The summed E-state index contributed by atoms with van der Waals surface area (Å²) in [5.41, 5.74) is 3.12. The first kappa shape index (κ1) is 11.6. The third kappa shape index (κ3) is 2.22. The second-order valence-corrected chi connectivity index (χ2v) is 5.28. The van der Waals surface area contributed by atoms with E-state index in [1.54, 1.807) is 11.1 Å². The molecule has 1 N–H and O–H groups in total. The largest absolute Gasteiger partial charge is 0.356 e. The molecule has 0 bridgehead atoms. The van der Waals surface area contributed by atoms with Crippen LogP contribution in [0.15, 0.2) is 29.3 Å². The van der Waals surface area contributed by atoms with Crippen molar-refractivity contribution in [2.24, 2.45) is 4.99 Å². The molecule has 0 fully saturated rings. The van der Waals surface area contributed by atoms with Crippen molar-refractivity contribution in [3.63, 3.8) is 0 Å². The lowest BCUT2D eigenvalue weighted by atomic mass is 9.98. The van der Waals surface area contributed by atoms with E-state index in [1.165, 1.54) is 19.3 Å². The number of nitrogens with one attached hydrogen (secondary N) is 1. The summed E-state index contributed by atoms with van der Waals surface area (Å²) in [4.78, 5) is 6.65. The van der Waals surface area contributed by atoms with Crippen molar-refractivity contribution in [1.82, 2.24) is 10.2 Å². The average molecular weight is 243 g/mol. The molecule has 1 unspecified atom stereocenters.